The van der Waals surface area contributed by atoms with Crippen LogP contribution >= 0.6 is 0 Å². The molecule has 1 fully saturated rings. The second-order valence-electron chi connectivity index (χ2n) is 6.44. The Morgan fingerprint density at radius 3 is 2.52 bits per heavy atom. The fourth-order valence-electron chi connectivity index (χ4n) is 2.95. The number of anilines is 2. The molecule has 6 nitrogen and oxygen atoms in total. The third-order valence-corrected chi connectivity index (χ3v) is 4.79. The van der Waals surface area contributed by atoms with Gasteiger partial charge in [0.15, 0.2) is 0 Å². The van der Waals surface area contributed by atoms with E-state index in [2.05, 4.69) is 38.9 Å². The van der Waals surface area contributed by atoms with Crippen LogP contribution in [-0.4, -0.2) is 53.5 Å². The smallest absolute Gasteiger partial charge is 0.274 e. The minimum Gasteiger partial charge on any atom is -0.354 e. The summed E-state index contributed by atoms with van der Waals surface area (Å²) in [5.41, 5.74) is 3.52. The van der Waals surface area contributed by atoms with E-state index in [1.807, 2.05) is 25.1 Å². The number of carbonyl (C=O) groups excluding carboxylic acids is 1. The SMILES string of the molecule is CCN1CCN(c2cc(C(=O)Nc3ccc(C)c(C)c3)ncn2)CC1. The van der Waals surface area contributed by atoms with E-state index in [0.717, 1.165) is 49.8 Å². The number of hydrogen-bond acceptors (Lipinski definition) is 5. The number of likely N-dealkylation sites (N-methyl/N-ethyl adjacent to an activating group) is 1. The minimum absolute atomic E-state index is 0.209. The summed E-state index contributed by atoms with van der Waals surface area (Å²) in [6.45, 7) is 11.2. The number of amides is 1. The number of nitrogens with one attached hydrogen (secondary N) is 1. The van der Waals surface area contributed by atoms with Gasteiger partial charge in [0.1, 0.15) is 17.8 Å². The first-order chi connectivity index (χ1) is 12.1. The number of carbonyl (C=O) groups is 1. The molecule has 2 heterocycles. The van der Waals surface area contributed by atoms with E-state index in [4.69, 9.17) is 0 Å². The van der Waals surface area contributed by atoms with Gasteiger partial charge in [0, 0.05) is 37.9 Å². The van der Waals surface area contributed by atoms with Crippen LogP contribution in [0.5, 0.6) is 0 Å². The molecule has 0 spiro atoms. The van der Waals surface area contributed by atoms with Crippen molar-refractivity contribution >= 4 is 17.4 Å². The molecule has 0 atom stereocenters. The van der Waals surface area contributed by atoms with E-state index in [9.17, 15) is 4.79 Å². The van der Waals surface area contributed by atoms with Gasteiger partial charge in [-0.25, -0.2) is 9.97 Å². The lowest BCUT2D eigenvalue weighted by Gasteiger charge is -2.34. The molecule has 1 saturated heterocycles. The molecular weight excluding hydrogens is 314 g/mol. The Morgan fingerprint density at radius 2 is 1.84 bits per heavy atom. The second kappa shape index (κ2) is 7.61. The highest BCUT2D eigenvalue weighted by atomic mass is 16.1. The maximum atomic E-state index is 12.5. The standard InChI is InChI=1S/C19H25N5O/c1-4-23-7-9-24(10-8-23)18-12-17(20-13-21-18)19(25)22-16-6-5-14(2)15(3)11-16/h5-6,11-13H,4,7-10H2,1-3H3,(H,22,25). The van der Waals surface area contributed by atoms with E-state index in [0.29, 0.717) is 5.69 Å². The zero-order valence-corrected chi connectivity index (χ0v) is 15.1. The molecule has 1 aromatic heterocycles. The molecule has 2 aromatic rings. The van der Waals surface area contributed by atoms with Crippen molar-refractivity contribution in [3.05, 3.63) is 47.4 Å². The first kappa shape index (κ1) is 17.4. The van der Waals surface area contributed by atoms with Crippen LogP contribution in [0.2, 0.25) is 0 Å². The molecule has 3 rings (SSSR count). The van der Waals surface area contributed by atoms with Gasteiger partial charge < -0.3 is 15.1 Å². The Morgan fingerprint density at radius 1 is 1.08 bits per heavy atom. The average Bonchev–Trinajstić information content (AvgIpc) is 2.65. The molecule has 0 saturated carbocycles. The Bertz CT molecular complexity index is 753. The summed E-state index contributed by atoms with van der Waals surface area (Å²) in [7, 11) is 0. The van der Waals surface area contributed by atoms with Gasteiger partial charge in [-0.15, -0.1) is 0 Å². The maximum Gasteiger partial charge on any atom is 0.274 e. The fraction of sp³-hybridized carbons (Fsp3) is 0.421. The van der Waals surface area contributed by atoms with Gasteiger partial charge in [-0.3, -0.25) is 4.79 Å². The molecule has 132 valence electrons. The lowest BCUT2D eigenvalue weighted by atomic mass is 10.1. The molecule has 1 N–H and O–H groups in total. The van der Waals surface area contributed by atoms with Crippen molar-refractivity contribution in [1.29, 1.82) is 0 Å². The van der Waals surface area contributed by atoms with E-state index < -0.39 is 0 Å². The first-order valence-electron chi connectivity index (χ1n) is 8.74. The first-order valence-corrected chi connectivity index (χ1v) is 8.74. The van der Waals surface area contributed by atoms with Gasteiger partial charge in [0.05, 0.1) is 0 Å². The Labute approximate surface area is 148 Å². The van der Waals surface area contributed by atoms with Gasteiger partial charge in [0.2, 0.25) is 0 Å². The predicted molar refractivity (Wildman–Crippen MR) is 100 cm³/mol. The second-order valence-corrected chi connectivity index (χ2v) is 6.44. The molecule has 0 radical (unpaired) electrons. The Balaban J connectivity index is 1.70. The van der Waals surface area contributed by atoms with Gasteiger partial charge in [-0.2, -0.15) is 0 Å². The van der Waals surface area contributed by atoms with Crippen molar-refractivity contribution in [3.8, 4) is 0 Å². The zero-order valence-electron chi connectivity index (χ0n) is 15.1. The third-order valence-electron chi connectivity index (χ3n) is 4.79. The molecule has 0 bridgehead atoms. The molecule has 25 heavy (non-hydrogen) atoms. The van der Waals surface area contributed by atoms with Crippen LogP contribution in [0.15, 0.2) is 30.6 Å². The van der Waals surface area contributed by atoms with Crippen molar-refractivity contribution in [3.63, 3.8) is 0 Å². The Kier molecular flexibility index (Phi) is 5.28. The summed E-state index contributed by atoms with van der Waals surface area (Å²) in [6, 6.07) is 7.66. The van der Waals surface area contributed by atoms with Gasteiger partial charge in [-0.1, -0.05) is 13.0 Å². The summed E-state index contributed by atoms with van der Waals surface area (Å²) < 4.78 is 0. The summed E-state index contributed by atoms with van der Waals surface area (Å²) in [5, 5.41) is 2.92. The summed E-state index contributed by atoms with van der Waals surface area (Å²) in [5.74, 6) is 0.607. The summed E-state index contributed by atoms with van der Waals surface area (Å²) in [4.78, 5) is 25.6. The van der Waals surface area contributed by atoms with Crippen LogP contribution in [0.25, 0.3) is 0 Å². The van der Waals surface area contributed by atoms with E-state index >= 15 is 0 Å². The van der Waals surface area contributed by atoms with Gasteiger partial charge in [0.25, 0.3) is 5.91 Å². The molecule has 1 aromatic carbocycles. The van der Waals surface area contributed by atoms with Crippen LogP contribution < -0.4 is 10.2 Å². The molecule has 1 aliphatic heterocycles. The van der Waals surface area contributed by atoms with Crippen LogP contribution in [0, 0.1) is 13.8 Å². The number of aromatic nitrogens is 2. The zero-order chi connectivity index (χ0) is 17.8. The minimum atomic E-state index is -0.209. The largest absolute Gasteiger partial charge is 0.354 e. The van der Waals surface area contributed by atoms with Gasteiger partial charge in [-0.05, 0) is 43.7 Å². The number of piperazine rings is 1. The number of benzene rings is 1. The van der Waals surface area contributed by atoms with Crippen molar-refractivity contribution in [2.75, 3.05) is 42.9 Å². The van der Waals surface area contributed by atoms with Crippen LogP contribution in [0.3, 0.4) is 0 Å². The van der Waals surface area contributed by atoms with Crippen molar-refractivity contribution in [2.45, 2.75) is 20.8 Å². The lowest BCUT2D eigenvalue weighted by Crippen LogP contribution is -2.46. The maximum absolute atomic E-state index is 12.5. The van der Waals surface area contributed by atoms with Crippen molar-refractivity contribution in [2.24, 2.45) is 0 Å². The molecule has 1 amide bonds. The monoisotopic (exact) mass is 339 g/mol. The van der Waals surface area contributed by atoms with E-state index in [-0.39, 0.29) is 5.91 Å². The summed E-state index contributed by atoms with van der Waals surface area (Å²) >= 11 is 0. The van der Waals surface area contributed by atoms with Crippen LogP contribution in [0.4, 0.5) is 11.5 Å². The van der Waals surface area contributed by atoms with Crippen molar-refractivity contribution in [1.82, 2.24) is 14.9 Å². The molecular formula is C19H25N5O. The van der Waals surface area contributed by atoms with E-state index in [1.54, 1.807) is 6.07 Å². The predicted octanol–water partition coefficient (Wildman–Crippen LogP) is 2.49. The van der Waals surface area contributed by atoms with Crippen LogP contribution in [-0.2, 0) is 0 Å². The van der Waals surface area contributed by atoms with E-state index in [1.165, 1.54) is 11.9 Å². The average molecular weight is 339 g/mol. The highest BCUT2D eigenvalue weighted by Crippen LogP contribution is 2.17. The summed E-state index contributed by atoms with van der Waals surface area (Å²) in [6.07, 6.45) is 1.47. The van der Waals surface area contributed by atoms with Crippen LogP contribution in [0.1, 0.15) is 28.5 Å². The highest BCUT2D eigenvalue weighted by molar-refractivity contribution is 6.03. The molecule has 0 aliphatic carbocycles. The van der Waals surface area contributed by atoms with Crippen molar-refractivity contribution < 1.29 is 4.79 Å². The lowest BCUT2D eigenvalue weighted by molar-refractivity contribution is 0.102. The number of aryl methyl sites for hydroxylation is 2. The third kappa shape index (κ3) is 4.14. The number of rotatable bonds is 4. The molecule has 0 unspecified atom stereocenters. The topological polar surface area (TPSA) is 61.4 Å². The van der Waals surface area contributed by atoms with Gasteiger partial charge >= 0.3 is 0 Å². The molecule has 6 heteroatoms. The number of hydrogen-bond donors (Lipinski definition) is 1. The fourth-order valence-corrected chi connectivity index (χ4v) is 2.95. The quantitative estimate of drug-likeness (QED) is 0.927. The molecule has 1 aliphatic rings. The highest BCUT2D eigenvalue weighted by Gasteiger charge is 2.18. The Hall–Kier alpha value is -2.47. The number of nitrogens with zero attached hydrogens (tertiary/aromatic N) is 4. The normalized spacial score (nSPS) is 15.2.